The van der Waals surface area contributed by atoms with E-state index in [0.29, 0.717) is 17.5 Å². The molecule has 0 bridgehead atoms. The summed E-state index contributed by atoms with van der Waals surface area (Å²) in [6, 6.07) is 0. The number of rotatable bonds is 5. The molecule has 8 heteroatoms. The van der Waals surface area contributed by atoms with Crippen LogP contribution in [0.5, 0.6) is 0 Å². The Bertz CT molecular complexity index is 398. The number of carbonyl (C=O) groups is 1. The Hall–Kier alpha value is -0.250. The molecule has 0 spiro atoms. The summed E-state index contributed by atoms with van der Waals surface area (Å²) >= 11 is 2.16. The minimum absolute atomic E-state index is 0.0463. The van der Waals surface area contributed by atoms with Crippen LogP contribution in [0.25, 0.3) is 0 Å². The summed E-state index contributed by atoms with van der Waals surface area (Å²) in [5.74, 6) is 0. The molecule has 4 nitrogen and oxygen atoms in total. The van der Waals surface area contributed by atoms with E-state index in [9.17, 15) is 18.0 Å². The number of alkyl halides is 4. The van der Waals surface area contributed by atoms with Gasteiger partial charge >= 0.3 is 12.3 Å². The van der Waals surface area contributed by atoms with Crippen LogP contribution in [-0.2, 0) is 9.47 Å². The molecule has 1 aliphatic heterocycles. The highest BCUT2D eigenvalue weighted by Crippen LogP contribution is 2.29. The molecular formula is C15H25F3INO3. The number of halogens is 4. The summed E-state index contributed by atoms with van der Waals surface area (Å²) in [6.07, 6.45) is -3.97. The molecule has 1 rings (SSSR count). The van der Waals surface area contributed by atoms with Gasteiger partial charge in [-0.15, -0.1) is 0 Å². The maximum absolute atomic E-state index is 12.2. The first kappa shape index (κ1) is 20.8. The maximum Gasteiger partial charge on any atom is 0.410 e. The normalized spacial score (nSPS) is 23.0. The fourth-order valence-electron chi connectivity index (χ4n) is 2.41. The van der Waals surface area contributed by atoms with Gasteiger partial charge in [0.1, 0.15) is 5.60 Å². The van der Waals surface area contributed by atoms with Gasteiger partial charge in [0.25, 0.3) is 0 Å². The monoisotopic (exact) mass is 451 g/mol. The van der Waals surface area contributed by atoms with E-state index in [-0.39, 0.29) is 13.0 Å². The van der Waals surface area contributed by atoms with Gasteiger partial charge in [-0.2, -0.15) is 13.2 Å². The van der Waals surface area contributed by atoms with Crippen molar-refractivity contribution in [2.45, 2.75) is 63.8 Å². The van der Waals surface area contributed by atoms with Crippen molar-refractivity contribution >= 4 is 28.7 Å². The van der Waals surface area contributed by atoms with Crippen LogP contribution in [0.4, 0.5) is 18.0 Å². The molecule has 1 saturated heterocycles. The number of carbonyl (C=O) groups excluding carboxylic acids is 1. The molecule has 0 N–H and O–H groups in total. The Balaban J connectivity index is 2.55. The quantitative estimate of drug-likeness (QED) is 0.350. The van der Waals surface area contributed by atoms with Gasteiger partial charge in [-0.3, -0.25) is 0 Å². The van der Waals surface area contributed by atoms with Gasteiger partial charge in [-0.1, -0.05) is 22.6 Å². The van der Waals surface area contributed by atoms with Crippen LogP contribution in [0.15, 0.2) is 0 Å². The van der Waals surface area contributed by atoms with Crippen LogP contribution in [0.2, 0.25) is 0 Å². The van der Waals surface area contributed by atoms with Crippen LogP contribution in [0.1, 0.15) is 46.5 Å². The van der Waals surface area contributed by atoms with Crippen molar-refractivity contribution in [1.82, 2.24) is 4.90 Å². The summed E-state index contributed by atoms with van der Waals surface area (Å²) in [6.45, 7) is 6.39. The largest absolute Gasteiger partial charge is 0.444 e. The SMILES string of the molecule is CC(C)(C)OC(=O)N1CCCC(CI)(OCCCC(F)(F)F)C1. The Morgan fingerprint density at radius 2 is 1.96 bits per heavy atom. The van der Waals surface area contributed by atoms with E-state index < -0.39 is 29.9 Å². The molecule has 1 fully saturated rings. The summed E-state index contributed by atoms with van der Waals surface area (Å²) in [5, 5.41) is 0. The molecule has 1 heterocycles. The predicted molar refractivity (Wildman–Crippen MR) is 89.9 cm³/mol. The first-order valence-electron chi connectivity index (χ1n) is 7.71. The fraction of sp³-hybridized carbons (Fsp3) is 0.933. The molecule has 0 radical (unpaired) electrons. The highest BCUT2D eigenvalue weighted by atomic mass is 127. The zero-order valence-electron chi connectivity index (χ0n) is 13.8. The van der Waals surface area contributed by atoms with E-state index >= 15 is 0 Å². The molecule has 1 unspecified atom stereocenters. The Kier molecular flexibility index (Phi) is 7.43. The lowest BCUT2D eigenvalue weighted by molar-refractivity contribution is -0.143. The van der Waals surface area contributed by atoms with Crippen LogP contribution in [0.3, 0.4) is 0 Å². The lowest BCUT2D eigenvalue weighted by atomic mass is 9.95. The number of likely N-dealkylation sites (tertiary alicyclic amines) is 1. The molecule has 1 aliphatic rings. The Morgan fingerprint density at radius 3 is 2.48 bits per heavy atom. The highest BCUT2D eigenvalue weighted by molar-refractivity contribution is 14.1. The van der Waals surface area contributed by atoms with Gasteiger partial charge in [-0.05, 0) is 40.0 Å². The Morgan fingerprint density at radius 1 is 1.30 bits per heavy atom. The predicted octanol–water partition coefficient (Wildman–Crippen LogP) is 4.55. The average Bonchev–Trinajstić information content (AvgIpc) is 2.41. The van der Waals surface area contributed by atoms with Gasteiger partial charge in [0.2, 0.25) is 0 Å². The fourth-order valence-corrected chi connectivity index (χ4v) is 3.25. The first-order valence-corrected chi connectivity index (χ1v) is 9.24. The molecule has 0 aromatic rings. The lowest BCUT2D eigenvalue weighted by Gasteiger charge is -2.42. The molecule has 1 atom stereocenters. The summed E-state index contributed by atoms with van der Waals surface area (Å²) in [7, 11) is 0. The van der Waals surface area contributed by atoms with E-state index in [4.69, 9.17) is 9.47 Å². The maximum atomic E-state index is 12.2. The van der Waals surface area contributed by atoms with Crippen molar-refractivity contribution in [3.63, 3.8) is 0 Å². The minimum atomic E-state index is -4.16. The van der Waals surface area contributed by atoms with Crippen molar-refractivity contribution < 1.29 is 27.4 Å². The van der Waals surface area contributed by atoms with Gasteiger partial charge in [0.05, 0.1) is 12.1 Å². The molecule has 23 heavy (non-hydrogen) atoms. The van der Waals surface area contributed by atoms with Crippen LogP contribution in [-0.4, -0.2) is 52.5 Å². The molecular weight excluding hydrogens is 426 g/mol. The molecule has 1 amide bonds. The van der Waals surface area contributed by atoms with E-state index in [0.717, 1.165) is 12.8 Å². The highest BCUT2D eigenvalue weighted by Gasteiger charge is 2.39. The van der Waals surface area contributed by atoms with Crippen molar-refractivity contribution in [2.75, 3.05) is 24.1 Å². The number of piperidine rings is 1. The second kappa shape index (κ2) is 8.22. The summed E-state index contributed by atoms with van der Waals surface area (Å²) < 4.78 is 48.3. The van der Waals surface area contributed by atoms with Crippen molar-refractivity contribution in [1.29, 1.82) is 0 Å². The average molecular weight is 451 g/mol. The number of ether oxygens (including phenoxy) is 2. The number of amides is 1. The van der Waals surface area contributed by atoms with Crippen molar-refractivity contribution in [3.8, 4) is 0 Å². The number of hydrogen-bond donors (Lipinski definition) is 0. The van der Waals surface area contributed by atoms with Crippen molar-refractivity contribution in [2.24, 2.45) is 0 Å². The zero-order chi connectivity index (χ0) is 17.7. The third kappa shape index (κ3) is 7.91. The second-order valence-electron chi connectivity index (χ2n) is 6.89. The lowest BCUT2D eigenvalue weighted by Crippen LogP contribution is -2.54. The van der Waals surface area contributed by atoms with E-state index in [2.05, 4.69) is 22.6 Å². The molecule has 0 aromatic heterocycles. The Labute approximate surface area is 149 Å². The second-order valence-corrected chi connectivity index (χ2v) is 7.65. The zero-order valence-corrected chi connectivity index (χ0v) is 16.0. The van der Waals surface area contributed by atoms with Gasteiger partial charge in [0.15, 0.2) is 0 Å². The summed E-state index contributed by atoms with van der Waals surface area (Å²) in [4.78, 5) is 13.8. The van der Waals surface area contributed by atoms with Gasteiger partial charge < -0.3 is 14.4 Å². The van der Waals surface area contributed by atoms with Crippen LogP contribution in [0, 0.1) is 0 Å². The smallest absolute Gasteiger partial charge is 0.410 e. The number of hydrogen-bond acceptors (Lipinski definition) is 3. The number of nitrogens with zero attached hydrogens (tertiary/aromatic N) is 1. The van der Waals surface area contributed by atoms with Gasteiger partial charge in [-0.25, -0.2) is 4.79 Å². The van der Waals surface area contributed by atoms with Crippen LogP contribution < -0.4 is 0 Å². The standard InChI is InChI=1S/C15H25F3INO3/c1-13(2,3)23-12(21)20-8-4-6-14(10-19,11-20)22-9-5-7-15(16,17)18/h4-11H2,1-3H3. The first-order chi connectivity index (χ1) is 10.5. The van der Waals surface area contributed by atoms with E-state index in [1.807, 2.05) is 0 Å². The van der Waals surface area contributed by atoms with E-state index in [1.165, 1.54) is 0 Å². The third-order valence-corrected chi connectivity index (χ3v) is 4.84. The summed E-state index contributed by atoms with van der Waals surface area (Å²) in [5.41, 5.74) is -1.16. The van der Waals surface area contributed by atoms with Crippen LogP contribution >= 0.6 is 22.6 Å². The molecule has 136 valence electrons. The molecule has 0 aromatic carbocycles. The third-order valence-electron chi connectivity index (χ3n) is 3.45. The van der Waals surface area contributed by atoms with Gasteiger partial charge in [0, 0.05) is 24.0 Å². The molecule has 0 aliphatic carbocycles. The minimum Gasteiger partial charge on any atom is -0.444 e. The van der Waals surface area contributed by atoms with Crippen molar-refractivity contribution in [3.05, 3.63) is 0 Å². The molecule has 0 saturated carbocycles. The van der Waals surface area contributed by atoms with E-state index in [1.54, 1.807) is 25.7 Å². The topological polar surface area (TPSA) is 38.8 Å².